The Morgan fingerprint density at radius 3 is 2.63 bits per heavy atom. The smallest absolute Gasteiger partial charge is 0.269 e. The van der Waals surface area contributed by atoms with Gasteiger partial charge in [0.1, 0.15) is 11.5 Å². The van der Waals surface area contributed by atoms with E-state index in [4.69, 9.17) is 5.26 Å². The molecule has 0 aliphatic heterocycles. The average Bonchev–Trinajstić information content (AvgIpc) is 2.70. The van der Waals surface area contributed by atoms with Crippen LogP contribution in [0.3, 0.4) is 0 Å². The van der Waals surface area contributed by atoms with Crippen LogP contribution in [0.2, 0.25) is 0 Å². The maximum Gasteiger partial charge on any atom is 0.269 e. The maximum atomic E-state index is 12.9. The summed E-state index contributed by atoms with van der Waals surface area (Å²) in [6.45, 7) is 0.425. The Kier molecular flexibility index (Phi) is 5.75. The normalized spacial score (nSPS) is 10.1. The third-order valence-corrected chi connectivity index (χ3v) is 3.89. The SMILES string of the molecule is N#Cc1cccc(Nc2ccnc(C(=O)NCCc3ccc(F)cc3)c2)c1. The zero-order valence-corrected chi connectivity index (χ0v) is 14.4. The molecule has 1 amide bonds. The summed E-state index contributed by atoms with van der Waals surface area (Å²) >= 11 is 0. The maximum absolute atomic E-state index is 12.9. The fourth-order valence-electron chi connectivity index (χ4n) is 2.53. The molecule has 0 bridgehead atoms. The summed E-state index contributed by atoms with van der Waals surface area (Å²) < 4.78 is 12.9. The topological polar surface area (TPSA) is 77.8 Å². The van der Waals surface area contributed by atoms with Crippen LogP contribution in [0, 0.1) is 17.1 Å². The van der Waals surface area contributed by atoms with Crippen LogP contribution in [0.4, 0.5) is 15.8 Å². The molecule has 0 spiro atoms. The Balaban J connectivity index is 1.59. The second-order valence-electron chi connectivity index (χ2n) is 5.88. The number of nitrogens with zero attached hydrogens (tertiary/aromatic N) is 2. The Morgan fingerprint density at radius 2 is 1.85 bits per heavy atom. The van der Waals surface area contributed by atoms with Crippen LogP contribution in [-0.2, 0) is 6.42 Å². The first-order chi connectivity index (χ1) is 13.1. The van der Waals surface area contributed by atoms with E-state index >= 15 is 0 Å². The van der Waals surface area contributed by atoms with Crippen LogP contribution in [0.5, 0.6) is 0 Å². The van der Waals surface area contributed by atoms with E-state index < -0.39 is 0 Å². The summed E-state index contributed by atoms with van der Waals surface area (Å²) in [7, 11) is 0. The molecule has 3 aromatic rings. The molecule has 0 fully saturated rings. The average molecular weight is 360 g/mol. The van der Waals surface area contributed by atoms with Crippen LogP contribution in [0.1, 0.15) is 21.6 Å². The van der Waals surface area contributed by atoms with Crippen molar-refractivity contribution in [2.75, 3.05) is 11.9 Å². The minimum Gasteiger partial charge on any atom is -0.355 e. The number of nitrogens with one attached hydrogen (secondary N) is 2. The molecule has 0 unspecified atom stereocenters. The van der Waals surface area contributed by atoms with Gasteiger partial charge in [-0.3, -0.25) is 9.78 Å². The summed E-state index contributed by atoms with van der Waals surface area (Å²) in [4.78, 5) is 16.4. The quantitative estimate of drug-likeness (QED) is 0.701. The molecule has 0 aliphatic carbocycles. The molecule has 1 aromatic heterocycles. The number of hydrogen-bond acceptors (Lipinski definition) is 4. The van der Waals surface area contributed by atoms with Gasteiger partial charge in [0, 0.05) is 24.1 Å². The van der Waals surface area contributed by atoms with Gasteiger partial charge in [-0.25, -0.2) is 4.39 Å². The Morgan fingerprint density at radius 1 is 1.07 bits per heavy atom. The fraction of sp³-hybridized carbons (Fsp3) is 0.0952. The zero-order chi connectivity index (χ0) is 19.1. The van der Waals surface area contributed by atoms with E-state index in [1.807, 2.05) is 6.07 Å². The van der Waals surface area contributed by atoms with Gasteiger partial charge in [0.05, 0.1) is 11.6 Å². The summed E-state index contributed by atoms with van der Waals surface area (Å²) in [6.07, 6.45) is 2.15. The molecule has 1 heterocycles. The van der Waals surface area contributed by atoms with Gasteiger partial charge in [-0.1, -0.05) is 18.2 Å². The number of halogens is 1. The lowest BCUT2D eigenvalue weighted by molar-refractivity contribution is 0.0949. The molecule has 134 valence electrons. The van der Waals surface area contributed by atoms with Crippen LogP contribution in [-0.4, -0.2) is 17.4 Å². The second-order valence-corrected chi connectivity index (χ2v) is 5.88. The number of carbonyl (C=O) groups is 1. The molecule has 0 atom stereocenters. The van der Waals surface area contributed by atoms with Crippen molar-refractivity contribution >= 4 is 17.3 Å². The van der Waals surface area contributed by atoms with E-state index in [1.165, 1.54) is 12.1 Å². The molecule has 3 rings (SSSR count). The highest BCUT2D eigenvalue weighted by molar-refractivity contribution is 5.93. The Bertz CT molecular complexity index is 980. The fourth-order valence-corrected chi connectivity index (χ4v) is 2.53. The number of aromatic nitrogens is 1. The molecule has 2 N–H and O–H groups in total. The molecular formula is C21H17FN4O. The number of benzene rings is 2. The molecule has 6 heteroatoms. The Labute approximate surface area is 156 Å². The van der Waals surface area contributed by atoms with E-state index in [0.29, 0.717) is 24.2 Å². The van der Waals surface area contributed by atoms with Gasteiger partial charge >= 0.3 is 0 Å². The third kappa shape index (κ3) is 5.13. The molecule has 0 radical (unpaired) electrons. The van der Waals surface area contributed by atoms with Crippen molar-refractivity contribution in [2.24, 2.45) is 0 Å². The van der Waals surface area contributed by atoms with E-state index in [1.54, 1.807) is 48.7 Å². The number of hydrogen-bond donors (Lipinski definition) is 2. The Hall–Kier alpha value is -3.72. The van der Waals surface area contributed by atoms with Gasteiger partial charge in [-0.2, -0.15) is 5.26 Å². The lowest BCUT2D eigenvalue weighted by atomic mass is 10.1. The van der Waals surface area contributed by atoms with E-state index in [9.17, 15) is 9.18 Å². The van der Waals surface area contributed by atoms with Crippen LogP contribution in [0.15, 0.2) is 66.9 Å². The van der Waals surface area contributed by atoms with Crippen molar-refractivity contribution < 1.29 is 9.18 Å². The number of carbonyl (C=O) groups excluding carboxylic acids is 1. The summed E-state index contributed by atoms with van der Waals surface area (Å²) in [6, 6.07) is 18.7. The van der Waals surface area contributed by atoms with Gasteiger partial charge in [0.25, 0.3) is 5.91 Å². The monoisotopic (exact) mass is 360 g/mol. The number of pyridine rings is 1. The van der Waals surface area contributed by atoms with Crippen LogP contribution >= 0.6 is 0 Å². The highest BCUT2D eigenvalue weighted by Gasteiger charge is 2.08. The highest BCUT2D eigenvalue weighted by atomic mass is 19.1. The van der Waals surface area contributed by atoms with Gasteiger partial charge in [-0.05, 0) is 54.4 Å². The third-order valence-electron chi connectivity index (χ3n) is 3.89. The largest absolute Gasteiger partial charge is 0.355 e. The number of anilines is 2. The number of nitriles is 1. The van der Waals surface area contributed by atoms with E-state index in [-0.39, 0.29) is 17.4 Å². The molecule has 5 nitrogen and oxygen atoms in total. The number of rotatable bonds is 6. The van der Waals surface area contributed by atoms with Crippen molar-refractivity contribution in [3.63, 3.8) is 0 Å². The predicted molar refractivity (Wildman–Crippen MR) is 101 cm³/mol. The van der Waals surface area contributed by atoms with Crippen molar-refractivity contribution in [2.45, 2.75) is 6.42 Å². The van der Waals surface area contributed by atoms with Crippen molar-refractivity contribution in [3.8, 4) is 6.07 Å². The van der Waals surface area contributed by atoms with Gasteiger partial charge in [-0.15, -0.1) is 0 Å². The highest BCUT2D eigenvalue weighted by Crippen LogP contribution is 2.17. The number of amides is 1. The van der Waals surface area contributed by atoms with Crippen molar-refractivity contribution in [1.29, 1.82) is 5.26 Å². The summed E-state index contributed by atoms with van der Waals surface area (Å²) in [5, 5.41) is 14.9. The molecule has 2 aromatic carbocycles. The van der Waals surface area contributed by atoms with E-state index in [2.05, 4.69) is 21.7 Å². The van der Waals surface area contributed by atoms with E-state index in [0.717, 1.165) is 11.3 Å². The van der Waals surface area contributed by atoms with Crippen molar-refractivity contribution in [3.05, 3.63) is 89.5 Å². The summed E-state index contributed by atoms with van der Waals surface area (Å²) in [5.74, 6) is -0.567. The molecule has 0 saturated heterocycles. The van der Waals surface area contributed by atoms with Crippen LogP contribution < -0.4 is 10.6 Å². The van der Waals surface area contributed by atoms with Gasteiger partial charge in [0.2, 0.25) is 0 Å². The minimum absolute atomic E-state index is 0.281. The molecular weight excluding hydrogens is 343 g/mol. The van der Waals surface area contributed by atoms with Gasteiger partial charge in [0.15, 0.2) is 0 Å². The van der Waals surface area contributed by atoms with Crippen LogP contribution in [0.25, 0.3) is 0 Å². The lowest BCUT2D eigenvalue weighted by Gasteiger charge is -2.09. The van der Waals surface area contributed by atoms with Gasteiger partial charge < -0.3 is 10.6 Å². The standard InChI is InChI=1S/C21H17FN4O/c22-17-6-4-15(5-7-17)8-10-25-21(27)20-13-19(9-11-24-20)26-18-3-1-2-16(12-18)14-23/h1-7,9,11-13H,8,10H2,(H,24,26)(H,25,27). The van der Waals surface area contributed by atoms with Crippen molar-refractivity contribution in [1.82, 2.24) is 10.3 Å². The first-order valence-corrected chi connectivity index (χ1v) is 8.40. The molecule has 0 saturated carbocycles. The zero-order valence-electron chi connectivity index (χ0n) is 14.4. The molecule has 0 aliphatic rings. The minimum atomic E-state index is -0.286. The first kappa shape index (κ1) is 18.1. The lowest BCUT2D eigenvalue weighted by Crippen LogP contribution is -2.26. The summed E-state index contributed by atoms with van der Waals surface area (Å²) in [5.41, 5.74) is 3.23. The second kappa shape index (κ2) is 8.59. The molecule has 27 heavy (non-hydrogen) atoms. The first-order valence-electron chi connectivity index (χ1n) is 8.40. The predicted octanol–water partition coefficient (Wildman–Crippen LogP) is 3.81.